The molecule has 2 rings (SSSR count). The van der Waals surface area contributed by atoms with E-state index in [2.05, 4.69) is 18.0 Å². The topological polar surface area (TPSA) is 55.5 Å². The molecule has 0 saturated carbocycles. The molecular weight excluding hydrogens is 228 g/mol. The summed E-state index contributed by atoms with van der Waals surface area (Å²) in [6.45, 7) is 2.17. The molecule has 96 valence electrons. The molecule has 0 saturated heterocycles. The Labute approximate surface area is 107 Å². The fraction of sp³-hybridized carbons (Fsp3) is 0.500. The minimum atomic E-state index is -0.356. The van der Waals surface area contributed by atoms with Gasteiger partial charge in [-0.15, -0.1) is 0 Å². The fourth-order valence-electron chi connectivity index (χ4n) is 2.20. The third-order valence-electron chi connectivity index (χ3n) is 3.44. The number of hydrogen-bond donors (Lipinski definition) is 0. The molecule has 18 heavy (non-hydrogen) atoms. The molecule has 0 aromatic rings. The van der Waals surface area contributed by atoms with Gasteiger partial charge in [0, 0.05) is 12.3 Å². The van der Waals surface area contributed by atoms with E-state index in [9.17, 15) is 10.1 Å². The lowest BCUT2D eigenvalue weighted by molar-refractivity contribution is -0.419. The highest BCUT2D eigenvalue weighted by Crippen LogP contribution is 2.22. The number of nitrogens with zero attached hydrogens (tertiary/aromatic N) is 2. The standard InChI is InChI=1S/C14H18N2O2/c1-11-2-4-12(5-3-11)10-15-13-6-8-14(9-7-13)16(17)18/h2,6,8-10,12-13H,3-5,7H2,1H3. The Morgan fingerprint density at radius 1 is 1.44 bits per heavy atom. The Kier molecular flexibility index (Phi) is 4.07. The molecule has 4 heteroatoms. The molecule has 0 radical (unpaired) electrons. The van der Waals surface area contributed by atoms with Gasteiger partial charge in [-0.1, -0.05) is 17.7 Å². The molecule has 2 atom stereocenters. The van der Waals surface area contributed by atoms with E-state index in [-0.39, 0.29) is 16.7 Å². The summed E-state index contributed by atoms with van der Waals surface area (Å²) in [5.74, 6) is 0.531. The van der Waals surface area contributed by atoms with Gasteiger partial charge in [-0.05, 0) is 44.6 Å². The van der Waals surface area contributed by atoms with Crippen molar-refractivity contribution < 1.29 is 4.92 Å². The first-order chi connectivity index (χ1) is 8.65. The molecule has 0 fully saturated rings. The molecule has 2 aliphatic rings. The molecule has 0 heterocycles. The summed E-state index contributed by atoms with van der Waals surface area (Å²) in [7, 11) is 0. The maximum absolute atomic E-state index is 10.5. The van der Waals surface area contributed by atoms with E-state index < -0.39 is 0 Å². The van der Waals surface area contributed by atoms with Crippen molar-refractivity contribution in [1.29, 1.82) is 0 Å². The van der Waals surface area contributed by atoms with Crippen molar-refractivity contribution in [2.24, 2.45) is 10.9 Å². The minimum absolute atomic E-state index is 0.0701. The number of aliphatic imine (C=N–C) groups is 1. The molecule has 2 unspecified atom stereocenters. The van der Waals surface area contributed by atoms with Crippen molar-refractivity contribution >= 4 is 6.21 Å². The Morgan fingerprint density at radius 3 is 2.83 bits per heavy atom. The van der Waals surface area contributed by atoms with E-state index in [1.54, 1.807) is 12.2 Å². The van der Waals surface area contributed by atoms with Crippen LogP contribution in [0.4, 0.5) is 0 Å². The quantitative estimate of drug-likeness (QED) is 0.332. The average Bonchev–Trinajstić information content (AvgIpc) is 2.38. The molecule has 2 aliphatic carbocycles. The second kappa shape index (κ2) is 5.76. The lowest BCUT2D eigenvalue weighted by Crippen LogP contribution is -2.11. The van der Waals surface area contributed by atoms with Gasteiger partial charge in [0.2, 0.25) is 0 Å². The van der Waals surface area contributed by atoms with Crippen LogP contribution in [0.1, 0.15) is 32.6 Å². The van der Waals surface area contributed by atoms with Crippen LogP contribution in [0.5, 0.6) is 0 Å². The average molecular weight is 246 g/mol. The monoisotopic (exact) mass is 246 g/mol. The normalized spacial score (nSPS) is 28.1. The van der Waals surface area contributed by atoms with Crippen LogP contribution in [0.3, 0.4) is 0 Å². The molecule has 4 nitrogen and oxygen atoms in total. The van der Waals surface area contributed by atoms with Crippen molar-refractivity contribution in [3.63, 3.8) is 0 Å². The van der Waals surface area contributed by atoms with Crippen LogP contribution in [0, 0.1) is 16.0 Å². The van der Waals surface area contributed by atoms with Crippen molar-refractivity contribution in [3.8, 4) is 0 Å². The van der Waals surface area contributed by atoms with Crippen LogP contribution < -0.4 is 0 Å². The Balaban J connectivity index is 1.86. The number of hydrogen-bond acceptors (Lipinski definition) is 3. The third-order valence-corrected chi connectivity index (χ3v) is 3.44. The summed E-state index contributed by atoms with van der Waals surface area (Å²) in [5, 5.41) is 10.5. The fourth-order valence-corrected chi connectivity index (χ4v) is 2.20. The first kappa shape index (κ1) is 12.7. The highest BCUT2D eigenvalue weighted by molar-refractivity contribution is 5.62. The van der Waals surface area contributed by atoms with Gasteiger partial charge < -0.3 is 0 Å². The molecule has 0 spiro atoms. The number of nitro groups is 1. The number of rotatable bonds is 3. The number of allylic oxidation sites excluding steroid dienone is 3. The first-order valence-electron chi connectivity index (χ1n) is 6.37. The highest BCUT2D eigenvalue weighted by Gasteiger charge is 2.15. The van der Waals surface area contributed by atoms with Crippen molar-refractivity contribution in [1.82, 2.24) is 0 Å². The SMILES string of the molecule is CC1=CCC(C=NC2C=CC([N+](=O)[O-])=CC2)CC1. The van der Waals surface area contributed by atoms with E-state index in [0.717, 1.165) is 19.3 Å². The van der Waals surface area contributed by atoms with Crippen molar-refractivity contribution in [2.75, 3.05) is 0 Å². The van der Waals surface area contributed by atoms with Crippen LogP contribution >= 0.6 is 0 Å². The lowest BCUT2D eigenvalue weighted by Gasteiger charge is -2.17. The predicted octanol–water partition coefficient (Wildman–Crippen LogP) is 3.29. The zero-order valence-corrected chi connectivity index (χ0v) is 10.6. The van der Waals surface area contributed by atoms with Crippen molar-refractivity contribution in [3.05, 3.63) is 45.7 Å². The Morgan fingerprint density at radius 2 is 2.28 bits per heavy atom. The predicted molar refractivity (Wildman–Crippen MR) is 72.2 cm³/mol. The third kappa shape index (κ3) is 3.39. The second-order valence-electron chi connectivity index (χ2n) is 4.93. The molecule has 0 N–H and O–H groups in total. The second-order valence-corrected chi connectivity index (χ2v) is 4.93. The van der Waals surface area contributed by atoms with Crippen LogP contribution in [0.25, 0.3) is 0 Å². The lowest BCUT2D eigenvalue weighted by atomic mass is 9.91. The zero-order valence-electron chi connectivity index (χ0n) is 10.6. The van der Waals surface area contributed by atoms with E-state index >= 15 is 0 Å². The van der Waals surface area contributed by atoms with E-state index in [4.69, 9.17) is 0 Å². The maximum atomic E-state index is 10.5. The van der Waals surface area contributed by atoms with Gasteiger partial charge in [0.15, 0.2) is 0 Å². The van der Waals surface area contributed by atoms with Crippen molar-refractivity contribution in [2.45, 2.75) is 38.6 Å². The molecule has 0 amide bonds. The van der Waals surface area contributed by atoms with Crippen LogP contribution in [-0.4, -0.2) is 17.2 Å². The molecule has 0 aliphatic heterocycles. The van der Waals surface area contributed by atoms with E-state index in [1.165, 1.54) is 5.57 Å². The van der Waals surface area contributed by atoms with Gasteiger partial charge >= 0.3 is 0 Å². The van der Waals surface area contributed by atoms with Crippen LogP contribution in [-0.2, 0) is 0 Å². The first-order valence-corrected chi connectivity index (χ1v) is 6.37. The Hall–Kier alpha value is -1.71. The molecular formula is C14H18N2O2. The summed E-state index contributed by atoms with van der Waals surface area (Å²) < 4.78 is 0. The Bertz CT molecular complexity index is 447. The molecule has 0 aromatic carbocycles. The van der Waals surface area contributed by atoms with E-state index in [0.29, 0.717) is 12.3 Å². The molecule has 0 bridgehead atoms. The van der Waals surface area contributed by atoms with Gasteiger partial charge in [0.05, 0.1) is 11.0 Å². The zero-order chi connectivity index (χ0) is 13.0. The van der Waals surface area contributed by atoms with Crippen LogP contribution in [0.15, 0.2) is 40.6 Å². The van der Waals surface area contributed by atoms with E-state index in [1.807, 2.05) is 12.3 Å². The minimum Gasteiger partial charge on any atom is -0.289 e. The smallest absolute Gasteiger partial charge is 0.265 e. The van der Waals surface area contributed by atoms with Gasteiger partial charge in [0.25, 0.3) is 5.70 Å². The summed E-state index contributed by atoms with van der Waals surface area (Å²) in [6.07, 6.45) is 13.3. The maximum Gasteiger partial charge on any atom is 0.265 e. The van der Waals surface area contributed by atoms with Gasteiger partial charge in [-0.3, -0.25) is 15.1 Å². The summed E-state index contributed by atoms with van der Waals surface area (Å²) in [6, 6.07) is 0.0701. The summed E-state index contributed by atoms with van der Waals surface area (Å²) >= 11 is 0. The van der Waals surface area contributed by atoms with Gasteiger partial charge in [0.1, 0.15) is 0 Å². The van der Waals surface area contributed by atoms with Crippen LogP contribution in [0.2, 0.25) is 0 Å². The van der Waals surface area contributed by atoms with Gasteiger partial charge in [-0.2, -0.15) is 0 Å². The molecule has 0 aromatic heterocycles. The summed E-state index contributed by atoms with van der Waals surface area (Å²) in [5.41, 5.74) is 1.65. The largest absolute Gasteiger partial charge is 0.289 e. The van der Waals surface area contributed by atoms with Gasteiger partial charge in [-0.25, -0.2) is 0 Å². The summed E-state index contributed by atoms with van der Waals surface area (Å²) in [4.78, 5) is 14.7. The highest BCUT2D eigenvalue weighted by atomic mass is 16.6.